The molecule has 1 N–H and O–H groups in total. The van der Waals surface area contributed by atoms with Crippen LogP contribution in [0.1, 0.15) is 46.1 Å². The predicted octanol–water partition coefficient (Wildman–Crippen LogP) is 3.68. The van der Waals surface area contributed by atoms with Gasteiger partial charge in [-0.3, -0.25) is 4.90 Å². The lowest BCUT2D eigenvalue weighted by molar-refractivity contribution is 0.0474. The predicted molar refractivity (Wildman–Crippen MR) is 86.8 cm³/mol. The third-order valence-electron chi connectivity index (χ3n) is 4.36. The van der Waals surface area contributed by atoms with Crippen LogP contribution in [0.25, 0.3) is 0 Å². The van der Waals surface area contributed by atoms with Crippen LogP contribution in [-0.4, -0.2) is 30.1 Å². The summed E-state index contributed by atoms with van der Waals surface area (Å²) in [6.07, 6.45) is 2.54. The van der Waals surface area contributed by atoms with E-state index < -0.39 is 0 Å². The molecule has 0 aromatic heterocycles. The van der Waals surface area contributed by atoms with Crippen LogP contribution in [0.15, 0.2) is 30.3 Å². The van der Waals surface area contributed by atoms with E-state index in [1.54, 1.807) is 0 Å². The molecule has 1 heterocycles. The minimum absolute atomic E-state index is 0.318. The molecule has 1 aliphatic rings. The molecule has 2 unspecified atom stereocenters. The van der Waals surface area contributed by atoms with Gasteiger partial charge < -0.3 is 5.32 Å². The second kappa shape index (κ2) is 6.73. The van der Waals surface area contributed by atoms with Gasteiger partial charge in [-0.05, 0) is 17.4 Å². The van der Waals surface area contributed by atoms with Crippen LogP contribution in [0, 0.1) is 5.41 Å². The maximum Gasteiger partial charge on any atom is 0.0273 e. The lowest BCUT2D eigenvalue weighted by Gasteiger charge is -2.46. The largest absolute Gasteiger partial charge is 0.311 e. The minimum Gasteiger partial charge on any atom is -0.311 e. The Hall–Kier alpha value is -0.860. The number of hydrogen-bond donors (Lipinski definition) is 1. The van der Waals surface area contributed by atoms with E-state index in [4.69, 9.17) is 0 Å². The molecule has 1 aromatic rings. The van der Waals surface area contributed by atoms with Gasteiger partial charge in [0.25, 0.3) is 0 Å². The van der Waals surface area contributed by atoms with Crippen molar-refractivity contribution in [3.05, 3.63) is 35.9 Å². The Kier molecular flexibility index (Phi) is 5.22. The number of rotatable bonds is 4. The van der Waals surface area contributed by atoms with Crippen molar-refractivity contribution in [1.82, 2.24) is 10.2 Å². The molecule has 112 valence electrons. The van der Waals surface area contributed by atoms with E-state index in [-0.39, 0.29) is 0 Å². The summed E-state index contributed by atoms with van der Waals surface area (Å²) in [6.45, 7) is 12.7. The highest BCUT2D eigenvalue weighted by Gasteiger charge is 2.35. The van der Waals surface area contributed by atoms with Crippen molar-refractivity contribution in [2.24, 2.45) is 5.41 Å². The van der Waals surface area contributed by atoms with Crippen molar-refractivity contribution < 1.29 is 0 Å². The molecule has 0 amide bonds. The first kappa shape index (κ1) is 15.5. The summed E-state index contributed by atoms with van der Waals surface area (Å²) in [5, 5.41) is 3.75. The fourth-order valence-corrected chi connectivity index (χ4v) is 3.27. The molecule has 1 fully saturated rings. The van der Waals surface area contributed by atoms with Crippen molar-refractivity contribution in [1.29, 1.82) is 0 Å². The number of nitrogens with one attached hydrogen (secondary N) is 1. The zero-order valence-corrected chi connectivity index (χ0v) is 13.5. The average Bonchev–Trinajstić information content (AvgIpc) is 2.39. The first-order valence-corrected chi connectivity index (χ1v) is 8.02. The van der Waals surface area contributed by atoms with E-state index in [1.807, 2.05) is 0 Å². The van der Waals surface area contributed by atoms with Gasteiger partial charge in [-0.1, -0.05) is 64.4 Å². The lowest BCUT2D eigenvalue weighted by atomic mass is 9.83. The topological polar surface area (TPSA) is 15.3 Å². The maximum absolute atomic E-state index is 3.75. The van der Waals surface area contributed by atoms with E-state index in [2.05, 4.69) is 68.2 Å². The molecule has 1 aliphatic heterocycles. The molecule has 20 heavy (non-hydrogen) atoms. The molecule has 0 radical (unpaired) electrons. The summed E-state index contributed by atoms with van der Waals surface area (Å²) < 4.78 is 0. The van der Waals surface area contributed by atoms with Crippen LogP contribution in [0.4, 0.5) is 0 Å². The zero-order valence-electron chi connectivity index (χ0n) is 13.5. The Bertz CT molecular complexity index is 394. The van der Waals surface area contributed by atoms with Gasteiger partial charge in [0.15, 0.2) is 0 Å². The van der Waals surface area contributed by atoms with Gasteiger partial charge in [0.1, 0.15) is 0 Å². The van der Waals surface area contributed by atoms with Gasteiger partial charge in [-0.15, -0.1) is 0 Å². The quantitative estimate of drug-likeness (QED) is 0.901. The standard InChI is InChI=1S/C18H30N2/c1-5-9-16-14-20(13-15-10-7-6-8-11-15)17(12-19-16)18(2,3)4/h6-8,10-11,16-17,19H,5,9,12-14H2,1-4H3. The van der Waals surface area contributed by atoms with Crippen molar-refractivity contribution in [3.8, 4) is 0 Å². The van der Waals surface area contributed by atoms with Crippen molar-refractivity contribution >= 4 is 0 Å². The van der Waals surface area contributed by atoms with Gasteiger partial charge >= 0.3 is 0 Å². The highest BCUT2D eigenvalue weighted by atomic mass is 15.2. The molecule has 0 bridgehead atoms. The van der Waals surface area contributed by atoms with E-state index in [0.29, 0.717) is 17.5 Å². The summed E-state index contributed by atoms with van der Waals surface area (Å²) in [5.74, 6) is 0. The normalized spacial score (nSPS) is 24.8. The summed E-state index contributed by atoms with van der Waals surface area (Å²) >= 11 is 0. The van der Waals surface area contributed by atoms with Crippen molar-refractivity contribution in [2.75, 3.05) is 13.1 Å². The molecule has 2 nitrogen and oxygen atoms in total. The van der Waals surface area contributed by atoms with Crippen LogP contribution in [0.3, 0.4) is 0 Å². The summed E-state index contributed by atoms with van der Waals surface area (Å²) in [4.78, 5) is 2.69. The monoisotopic (exact) mass is 274 g/mol. The van der Waals surface area contributed by atoms with Crippen LogP contribution < -0.4 is 5.32 Å². The van der Waals surface area contributed by atoms with Gasteiger partial charge in [0, 0.05) is 31.7 Å². The Labute approximate surface area is 124 Å². The third kappa shape index (κ3) is 4.07. The molecule has 2 heteroatoms. The van der Waals surface area contributed by atoms with Crippen LogP contribution >= 0.6 is 0 Å². The number of piperazine rings is 1. The van der Waals surface area contributed by atoms with E-state index in [0.717, 1.165) is 13.1 Å². The van der Waals surface area contributed by atoms with Crippen LogP contribution in [0.5, 0.6) is 0 Å². The number of nitrogens with zero attached hydrogens (tertiary/aromatic N) is 1. The Balaban J connectivity index is 2.09. The summed E-state index contributed by atoms with van der Waals surface area (Å²) in [6, 6.07) is 12.1. The molecule has 0 spiro atoms. The second-order valence-electron chi connectivity index (χ2n) is 7.19. The third-order valence-corrected chi connectivity index (χ3v) is 4.36. The Morgan fingerprint density at radius 1 is 1.20 bits per heavy atom. The van der Waals surface area contributed by atoms with Crippen molar-refractivity contribution in [2.45, 2.75) is 59.2 Å². The highest BCUT2D eigenvalue weighted by molar-refractivity contribution is 5.15. The molecule has 2 atom stereocenters. The molecule has 0 aliphatic carbocycles. The zero-order chi connectivity index (χ0) is 14.6. The highest BCUT2D eigenvalue weighted by Crippen LogP contribution is 2.28. The van der Waals surface area contributed by atoms with E-state index in [1.165, 1.54) is 24.9 Å². The fourth-order valence-electron chi connectivity index (χ4n) is 3.27. The van der Waals surface area contributed by atoms with E-state index in [9.17, 15) is 0 Å². The molecule has 0 saturated carbocycles. The minimum atomic E-state index is 0.318. The van der Waals surface area contributed by atoms with Crippen LogP contribution in [-0.2, 0) is 6.54 Å². The smallest absolute Gasteiger partial charge is 0.0273 e. The van der Waals surface area contributed by atoms with Gasteiger partial charge in [-0.2, -0.15) is 0 Å². The van der Waals surface area contributed by atoms with E-state index >= 15 is 0 Å². The summed E-state index contributed by atoms with van der Waals surface area (Å²) in [5.41, 5.74) is 1.75. The molecular weight excluding hydrogens is 244 g/mol. The SMILES string of the molecule is CCCC1CN(Cc2ccccc2)C(C(C)(C)C)CN1. The van der Waals surface area contributed by atoms with Crippen molar-refractivity contribution in [3.63, 3.8) is 0 Å². The first-order valence-electron chi connectivity index (χ1n) is 8.02. The molecule has 1 aromatic carbocycles. The summed E-state index contributed by atoms with van der Waals surface area (Å²) in [7, 11) is 0. The van der Waals surface area contributed by atoms with Gasteiger partial charge in [0.2, 0.25) is 0 Å². The van der Waals surface area contributed by atoms with Gasteiger partial charge in [-0.25, -0.2) is 0 Å². The van der Waals surface area contributed by atoms with Crippen LogP contribution in [0.2, 0.25) is 0 Å². The number of hydrogen-bond acceptors (Lipinski definition) is 2. The van der Waals surface area contributed by atoms with Gasteiger partial charge in [0.05, 0.1) is 0 Å². The Morgan fingerprint density at radius 2 is 1.90 bits per heavy atom. The fraction of sp³-hybridized carbons (Fsp3) is 0.667. The lowest BCUT2D eigenvalue weighted by Crippen LogP contribution is -2.60. The second-order valence-corrected chi connectivity index (χ2v) is 7.19. The molecular formula is C18H30N2. The first-order chi connectivity index (χ1) is 9.50. The maximum atomic E-state index is 3.75. The molecule has 1 saturated heterocycles. The molecule has 2 rings (SSSR count). The average molecular weight is 274 g/mol. The number of benzene rings is 1. The Morgan fingerprint density at radius 3 is 2.50 bits per heavy atom.